The van der Waals surface area contributed by atoms with Crippen molar-refractivity contribution in [1.29, 1.82) is 0 Å². The van der Waals surface area contributed by atoms with Crippen LogP contribution in [0.1, 0.15) is 25.0 Å². The van der Waals surface area contributed by atoms with E-state index in [4.69, 9.17) is 0 Å². The Hall–Kier alpha value is -4.66. The molecule has 0 unspecified atom stereocenters. The van der Waals surface area contributed by atoms with Gasteiger partial charge in [-0.1, -0.05) is 115 Å². The maximum Gasteiger partial charge on any atom is 0.0546 e. The predicted molar refractivity (Wildman–Crippen MR) is 186 cm³/mol. The summed E-state index contributed by atoms with van der Waals surface area (Å²) in [6, 6.07) is 49.6. The number of hydrogen-bond donors (Lipinski definition) is 0. The van der Waals surface area contributed by atoms with Crippen LogP contribution in [-0.2, 0) is 5.41 Å². The molecule has 7 aromatic rings. The molecule has 0 radical (unpaired) electrons. The molecule has 1 nitrogen and oxygen atoms in total. The van der Waals surface area contributed by atoms with Crippen molar-refractivity contribution in [2.45, 2.75) is 19.3 Å². The first kappa shape index (κ1) is 24.9. The smallest absolute Gasteiger partial charge is 0.0546 e. The maximum atomic E-state index is 3.70. The number of rotatable bonds is 2. The van der Waals surface area contributed by atoms with Gasteiger partial charge >= 0.3 is 0 Å². The minimum absolute atomic E-state index is 0.0594. The second-order valence-electron chi connectivity index (χ2n) is 12.4. The van der Waals surface area contributed by atoms with Crippen LogP contribution in [0, 0.1) is 0 Å². The average Bonchev–Trinajstić information content (AvgIpc) is 3.26. The van der Waals surface area contributed by atoms with Crippen LogP contribution in [0.4, 0.5) is 17.1 Å². The third-order valence-corrected chi connectivity index (χ3v) is 10.1. The molecule has 7 aromatic carbocycles. The molecule has 2 heteroatoms. The topological polar surface area (TPSA) is 3.24 Å². The summed E-state index contributed by atoms with van der Waals surface area (Å²) < 4.78 is 1.13. The average molecular weight is 615 g/mol. The first-order chi connectivity index (χ1) is 21.0. The minimum Gasteiger partial charge on any atom is -0.309 e. The molecule has 0 atom stereocenters. The highest BCUT2D eigenvalue weighted by molar-refractivity contribution is 9.10. The van der Waals surface area contributed by atoms with E-state index in [1.54, 1.807) is 0 Å². The summed E-state index contributed by atoms with van der Waals surface area (Å²) in [6.07, 6.45) is 0. The Bertz CT molecular complexity index is 2290. The molecule has 0 saturated heterocycles. The van der Waals surface area contributed by atoms with Crippen LogP contribution >= 0.6 is 15.9 Å². The van der Waals surface area contributed by atoms with E-state index in [-0.39, 0.29) is 5.41 Å². The number of hydrogen-bond acceptors (Lipinski definition) is 1. The predicted octanol–water partition coefficient (Wildman–Crippen LogP) is 12.2. The van der Waals surface area contributed by atoms with Crippen molar-refractivity contribution >= 4 is 54.5 Å². The van der Waals surface area contributed by atoms with Crippen molar-refractivity contribution in [2.75, 3.05) is 4.90 Å². The van der Waals surface area contributed by atoms with Crippen LogP contribution in [0.15, 0.2) is 138 Å². The van der Waals surface area contributed by atoms with Crippen molar-refractivity contribution in [1.82, 2.24) is 0 Å². The molecule has 1 aliphatic carbocycles. The van der Waals surface area contributed by atoms with Gasteiger partial charge in [0.25, 0.3) is 0 Å². The number of anilines is 3. The summed E-state index contributed by atoms with van der Waals surface area (Å²) in [4.78, 5) is 2.45. The molecule has 1 aliphatic heterocycles. The van der Waals surface area contributed by atoms with Gasteiger partial charge in [-0.3, -0.25) is 0 Å². The van der Waals surface area contributed by atoms with E-state index in [0.717, 1.165) is 4.47 Å². The monoisotopic (exact) mass is 613 g/mol. The van der Waals surface area contributed by atoms with Crippen molar-refractivity contribution in [3.63, 3.8) is 0 Å². The Morgan fingerprint density at radius 2 is 1.19 bits per heavy atom. The summed E-state index contributed by atoms with van der Waals surface area (Å²) in [6.45, 7) is 4.69. The first-order valence-corrected chi connectivity index (χ1v) is 15.7. The molecule has 9 rings (SSSR count). The fourth-order valence-corrected chi connectivity index (χ4v) is 7.83. The maximum absolute atomic E-state index is 3.70. The SMILES string of the molecule is CC1(C)c2cc(Br)ccc2-c2ccc(-c3ccc4c(c3)-c3cccc5cccc(c35)N4c3ccc4ccccc4c3)cc21. The van der Waals surface area contributed by atoms with Crippen LogP contribution < -0.4 is 4.90 Å². The summed E-state index contributed by atoms with van der Waals surface area (Å²) >= 11 is 3.70. The van der Waals surface area contributed by atoms with E-state index >= 15 is 0 Å². The van der Waals surface area contributed by atoms with Crippen LogP contribution in [0.25, 0.3) is 54.9 Å². The molecule has 0 N–H and O–H groups in total. The highest BCUT2D eigenvalue weighted by atomic mass is 79.9. The molecule has 1 heterocycles. The van der Waals surface area contributed by atoms with E-state index in [2.05, 4.69) is 168 Å². The lowest BCUT2D eigenvalue weighted by atomic mass is 9.81. The van der Waals surface area contributed by atoms with Gasteiger partial charge in [-0.05, 0) is 104 Å². The van der Waals surface area contributed by atoms with Gasteiger partial charge in [-0.25, -0.2) is 0 Å². The van der Waals surface area contributed by atoms with E-state index in [1.165, 1.54) is 83.1 Å². The van der Waals surface area contributed by atoms with Gasteiger partial charge in [0.2, 0.25) is 0 Å². The van der Waals surface area contributed by atoms with Gasteiger partial charge in [-0.2, -0.15) is 0 Å². The molecule has 0 fully saturated rings. The third-order valence-electron chi connectivity index (χ3n) is 9.61. The van der Waals surface area contributed by atoms with Gasteiger partial charge in [0, 0.05) is 26.5 Å². The van der Waals surface area contributed by atoms with Crippen molar-refractivity contribution in [2.24, 2.45) is 0 Å². The second kappa shape index (κ2) is 8.92. The third kappa shape index (κ3) is 3.57. The number of halogens is 1. The van der Waals surface area contributed by atoms with E-state index < -0.39 is 0 Å². The van der Waals surface area contributed by atoms with Crippen LogP contribution in [0.3, 0.4) is 0 Å². The Morgan fingerprint density at radius 3 is 2.05 bits per heavy atom. The molecule has 43 heavy (non-hydrogen) atoms. The number of nitrogens with zero attached hydrogens (tertiary/aromatic N) is 1. The minimum atomic E-state index is -0.0594. The molecular weight excluding hydrogens is 586 g/mol. The van der Waals surface area contributed by atoms with Gasteiger partial charge in [0.1, 0.15) is 0 Å². The van der Waals surface area contributed by atoms with E-state index in [0.29, 0.717) is 0 Å². The van der Waals surface area contributed by atoms with Crippen molar-refractivity contribution in [3.8, 4) is 33.4 Å². The number of benzene rings is 7. The lowest BCUT2D eigenvalue weighted by Crippen LogP contribution is -2.15. The standard InChI is InChI=1S/C41H28BrN/c1-41(2)36-23-29(14-18-32(36)33-19-16-30(42)24-37(33)41)28-15-20-38-35(22-28)34-11-5-9-26-10-6-12-39(40(26)34)43(38)31-17-13-25-7-3-4-8-27(25)21-31/h3-24H,1-2H3. The zero-order valence-electron chi connectivity index (χ0n) is 24.0. The van der Waals surface area contributed by atoms with Crippen molar-refractivity contribution < 1.29 is 0 Å². The molecule has 0 saturated carbocycles. The van der Waals surface area contributed by atoms with Crippen LogP contribution in [-0.4, -0.2) is 0 Å². The molecule has 0 amide bonds. The second-order valence-corrected chi connectivity index (χ2v) is 13.3. The fraction of sp³-hybridized carbons (Fsp3) is 0.0732. The highest BCUT2D eigenvalue weighted by Gasteiger charge is 2.36. The quantitative estimate of drug-likeness (QED) is 0.187. The molecule has 0 spiro atoms. The van der Waals surface area contributed by atoms with Crippen LogP contribution in [0.5, 0.6) is 0 Å². The van der Waals surface area contributed by atoms with Crippen molar-refractivity contribution in [3.05, 3.63) is 149 Å². The zero-order chi connectivity index (χ0) is 28.9. The summed E-state index contributed by atoms with van der Waals surface area (Å²) in [5, 5.41) is 5.07. The summed E-state index contributed by atoms with van der Waals surface area (Å²) in [7, 11) is 0. The van der Waals surface area contributed by atoms with Gasteiger partial charge < -0.3 is 4.90 Å². The summed E-state index contributed by atoms with van der Waals surface area (Å²) in [5.41, 5.74) is 14.1. The Labute approximate surface area is 260 Å². The Morgan fingerprint density at radius 1 is 0.488 bits per heavy atom. The lowest BCUT2D eigenvalue weighted by Gasteiger charge is -2.34. The lowest BCUT2D eigenvalue weighted by molar-refractivity contribution is 0.660. The van der Waals surface area contributed by atoms with E-state index in [9.17, 15) is 0 Å². The zero-order valence-corrected chi connectivity index (χ0v) is 25.6. The molecular formula is C41H28BrN. The van der Waals surface area contributed by atoms with Gasteiger partial charge in [-0.15, -0.1) is 0 Å². The Kier molecular flexibility index (Phi) is 5.17. The first-order valence-electron chi connectivity index (χ1n) is 14.9. The number of fused-ring (bicyclic) bond motifs is 6. The molecule has 0 bridgehead atoms. The van der Waals surface area contributed by atoms with Gasteiger partial charge in [0.05, 0.1) is 11.4 Å². The normalized spacial score (nSPS) is 14.1. The van der Waals surface area contributed by atoms with Crippen LogP contribution in [0.2, 0.25) is 0 Å². The molecule has 2 aliphatic rings. The molecule has 0 aromatic heterocycles. The molecule has 204 valence electrons. The van der Waals surface area contributed by atoms with E-state index in [1.807, 2.05) is 0 Å². The van der Waals surface area contributed by atoms with Gasteiger partial charge in [0.15, 0.2) is 0 Å². The fourth-order valence-electron chi connectivity index (χ4n) is 7.47. The summed E-state index contributed by atoms with van der Waals surface area (Å²) in [5.74, 6) is 0. The largest absolute Gasteiger partial charge is 0.309 e. The highest BCUT2D eigenvalue weighted by Crippen LogP contribution is 2.53. The Balaban J connectivity index is 1.25.